The Morgan fingerprint density at radius 1 is 1.29 bits per heavy atom. The van der Waals surface area contributed by atoms with Crippen LogP contribution in [0, 0.1) is 5.92 Å². The Labute approximate surface area is 147 Å². The summed E-state index contributed by atoms with van der Waals surface area (Å²) in [6.45, 7) is 2.79. The number of pyridine rings is 1. The minimum absolute atomic E-state index is 0.192. The third-order valence-corrected chi connectivity index (χ3v) is 5.49. The number of carbonyl (C=O) groups excluding carboxylic acids is 1. The van der Waals surface area contributed by atoms with Gasteiger partial charge in [0, 0.05) is 30.9 Å². The van der Waals surface area contributed by atoms with Gasteiger partial charge in [0.05, 0.1) is 0 Å². The van der Waals surface area contributed by atoms with Gasteiger partial charge in [0.15, 0.2) is 5.01 Å². The minimum Gasteiger partial charge on any atom is -0.287 e. The zero-order valence-electron chi connectivity index (χ0n) is 14.1. The topological polar surface area (TPSA) is 59.0 Å². The van der Waals surface area contributed by atoms with Crippen molar-refractivity contribution in [2.24, 2.45) is 5.92 Å². The number of rotatable bonds is 6. The Morgan fingerprint density at radius 3 is 2.83 bits per heavy atom. The smallest absolute Gasteiger partial charge is 0.229 e. The maximum absolute atomic E-state index is 12.8. The van der Waals surface area contributed by atoms with Crippen LogP contribution in [0.5, 0.6) is 0 Å². The standard InChI is InChI=1S/C18H24N4OS/c1-2-11-22(16(23)12-14-7-4-3-5-8-14)18-21-20-17(24-18)15-9-6-10-19-13-15/h6,9-10,13-14H,2-5,7-8,11-12H2,1H3. The average Bonchev–Trinajstić information content (AvgIpc) is 3.11. The normalized spacial score (nSPS) is 15.4. The van der Waals surface area contributed by atoms with Gasteiger partial charge in [-0.05, 0) is 37.3 Å². The van der Waals surface area contributed by atoms with Crippen LogP contribution >= 0.6 is 11.3 Å². The molecule has 128 valence electrons. The number of hydrogen-bond acceptors (Lipinski definition) is 5. The van der Waals surface area contributed by atoms with E-state index in [4.69, 9.17) is 0 Å². The molecular formula is C18H24N4OS. The first kappa shape index (κ1) is 17.0. The lowest BCUT2D eigenvalue weighted by molar-refractivity contribution is -0.119. The molecule has 0 saturated heterocycles. The molecule has 0 spiro atoms. The minimum atomic E-state index is 0.192. The van der Waals surface area contributed by atoms with Gasteiger partial charge in [-0.3, -0.25) is 14.7 Å². The van der Waals surface area contributed by atoms with Gasteiger partial charge < -0.3 is 0 Å². The summed E-state index contributed by atoms with van der Waals surface area (Å²) >= 11 is 1.47. The van der Waals surface area contributed by atoms with Crippen molar-refractivity contribution in [3.8, 4) is 10.6 Å². The molecule has 0 aromatic carbocycles. The van der Waals surface area contributed by atoms with Gasteiger partial charge in [0.25, 0.3) is 0 Å². The summed E-state index contributed by atoms with van der Waals surface area (Å²) in [6, 6.07) is 3.85. The van der Waals surface area contributed by atoms with Crippen LogP contribution in [0.15, 0.2) is 24.5 Å². The van der Waals surface area contributed by atoms with E-state index in [1.165, 1.54) is 43.4 Å². The first-order valence-corrected chi connectivity index (χ1v) is 9.64. The second-order valence-electron chi connectivity index (χ2n) is 6.39. The van der Waals surface area contributed by atoms with Gasteiger partial charge >= 0.3 is 0 Å². The van der Waals surface area contributed by atoms with Crippen molar-refractivity contribution in [2.75, 3.05) is 11.4 Å². The van der Waals surface area contributed by atoms with Crippen molar-refractivity contribution < 1.29 is 4.79 Å². The van der Waals surface area contributed by atoms with E-state index in [0.29, 0.717) is 24.0 Å². The van der Waals surface area contributed by atoms with Crippen molar-refractivity contribution in [2.45, 2.75) is 51.9 Å². The monoisotopic (exact) mass is 344 g/mol. The third-order valence-electron chi connectivity index (χ3n) is 4.49. The fourth-order valence-corrected chi connectivity index (χ4v) is 4.11. The van der Waals surface area contributed by atoms with Crippen LogP contribution in [0.2, 0.25) is 0 Å². The summed E-state index contributed by atoms with van der Waals surface area (Å²) in [5.74, 6) is 0.731. The molecule has 2 aromatic rings. The summed E-state index contributed by atoms with van der Waals surface area (Å²) < 4.78 is 0. The molecule has 2 heterocycles. The molecule has 0 aliphatic heterocycles. The lowest BCUT2D eigenvalue weighted by atomic mass is 9.87. The van der Waals surface area contributed by atoms with Gasteiger partial charge in [0.1, 0.15) is 0 Å². The predicted octanol–water partition coefficient (Wildman–Crippen LogP) is 4.31. The Balaban J connectivity index is 1.73. The highest BCUT2D eigenvalue weighted by Crippen LogP contribution is 2.31. The van der Waals surface area contributed by atoms with Crippen LogP contribution in [0.1, 0.15) is 51.9 Å². The van der Waals surface area contributed by atoms with Crippen LogP contribution in [-0.2, 0) is 4.79 Å². The predicted molar refractivity (Wildman–Crippen MR) is 97.0 cm³/mol. The van der Waals surface area contributed by atoms with Crippen molar-refractivity contribution in [1.82, 2.24) is 15.2 Å². The van der Waals surface area contributed by atoms with E-state index >= 15 is 0 Å². The lowest BCUT2D eigenvalue weighted by Gasteiger charge is -2.24. The van der Waals surface area contributed by atoms with Gasteiger partial charge in [-0.25, -0.2) is 0 Å². The Kier molecular flexibility index (Phi) is 5.91. The molecule has 0 N–H and O–H groups in total. The van der Waals surface area contributed by atoms with Crippen molar-refractivity contribution >= 4 is 22.4 Å². The van der Waals surface area contributed by atoms with Crippen molar-refractivity contribution in [3.05, 3.63) is 24.5 Å². The van der Waals surface area contributed by atoms with E-state index in [9.17, 15) is 4.79 Å². The van der Waals surface area contributed by atoms with E-state index in [1.54, 1.807) is 12.4 Å². The summed E-state index contributed by atoms with van der Waals surface area (Å²) in [6.07, 6.45) is 11.3. The molecule has 1 amide bonds. The molecule has 0 radical (unpaired) electrons. The molecule has 0 atom stereocenters. The van der Waals surface area contributed by atoms with E-state index < -0.39 is 0 Å². The average molecular weight is 344 g/mol. The van der Waals surface area contributed by atoms with Crippen LogP contribution < -0.4 is 4.90 Å². The molecule has 5 nitrogen and oxygen atoms in total. The molecule has 1 aliphatic carbocycles. The first-order valence-electron chi connectivity index (χ1n) is 8.82. The van der Waals surface area contributed by atoms with Crippen molar-refractivity contribution in [1.29, 1.82) is 0 Å². The SMILES string of the molecule is CCCN(C(=O)CC1CCCCC1)c1nnc(-c2cccnc2)s1. The molecule has 24 heavy (non-hydrogen) atoms. The van der Waals surface area contributed by atoms with Crippen LogP contribution in [0.25, 0.3) is 10.6 Å². The number of amides is 1. The summed E-state index contributed by atoms with van der Waals surface area (Å²) in [5.41, 5.74) is 0.942. The molecule has 6 heteroatoms. The van der Waals surface area contributed by atoms with Gasteiger partial charge in [-0.2, -0.15) is 0 Å². The Bertz CT molecular complexity index is 652. The highest BCUT2D eigenvalue weighted by molar-refractivity contribution is 7.18. The second kappa shape index (κ2) is 8.33. The van der Waals surface area contributed by atoms with Crippen LogP contribution in [-0.4, -0.2) is 27.6 Å². The molecular weight excluding hydrogens is 320 g/mol. The second-order valence-corrected chi connectivity index (χ2v) is 7.34. The number of carbonyl (C=O) groups is 1. The lowest BCUT2D eigenvalue weighted by Crippen LogP contribution is -2.33. The summed E-state index contributed by atoms with van der Waals surface area (Å²) in [4.78, 5) is 18.7. The molecule has 1 aliphatic rings. The fourth-order valence-electron chi connectivity index (χ4n) is 3.23. The molecule has 0 unspecified atom stereocenters. The first-order chi connectivity index (χ1) is 11.8. The fraction of sp³-hybridized carbons (Fsp3) is 0.556. The molecule has 0 bridgehead atoms. The summed E-state index contributed by atoms with van der Waals surface area (Å²) in [5, 5.41) is 10.0. The van der Waals surface area contributed by atoms with E-state index in [-0.39, 0.29) is 5.91 Å². The van der Waals surface area contributed by atoms with Crippen molar-refractivity contribution in [3.63, 3.8) is 0 Å². The zero-order chi connectivity index (χ0) is 16.8. The van der Waals surface area contributed by atoms with E-state index in [2.05, 4.69) is 22.1 Å². The zero-order valence-corrected chi connectivity index (χ0v) is 15.0. The Hall–Kier alpha value is -1.82. The third kappa shape index (κ3) is 4.17. The van der Waals surface area contributed by atoms with Gasteiger partial charge in [0.2, 0.25) is 11.0 Å². The number of anilines is 1. The maximum Gasteiger partial charge on any atom is 0.229 e. The number of hydrogen-bond donors (Lipinski definition) is 0. The quantitative estimate of drug-likeness (QED) is 0.783. The summed E-state index contributed by atoms with van der Waals surface area (Å²) in [7, 11) is 0. The number of aromatic nitrogens is 3. The number of nitrogens with zero attached hydrogens (tertiary/aromatic N) is 4. The van der Waals surface area contributed by atoms with Crippen LogP contribution in [0.3, 0.4) is 0 Å². The van der Waals surface area contributed by atoms with E-state index in [0.717, 1.165) is 17.0 Å². The van der Waals surface area contributed by atoms with E-state index in [1.807, 2.05) is 17.0 Å². The Morgan fingerprint density at radius 2 is 2.12 bits per heavy atom. The molecule has 1 saturated carbocycles. The largest absolute Gasteiger partial charge is 0.287 e. The van der Waals surface area contributed by atoms with Crippen LogP contribution in [0.4, 0.5) is 5.13 Å². The van der Waals surface area contributed by atoms with Gasteiger partial charge in [-0.1, -0.05) is 37.5 Å². The highest BCUT2D eigenvalue weighted by atomic mass is 32.1. The highest BCUT2D eigenvalue weighted by Gasteiger charge is 2.24. The van der Waals surface area contributed by atoms with Gasteiger partial charge in [-0.15, -0.1) is 10.2 Å². The maximum atomic E-state index is 12.8. The molecule has 2 aromatic heterocycles. The molecule has 1 fully saturated rings. The molecule has 3 rings (SSSR count).